The number of alkyl halides is 1. The van der Waals surface area contributed by atoms with Crippen LogP contribution in [-0.4, -0.2) is 18.9 Å². The molecule has 1 rings (SSSR count). The minimum Gasteiger partial charge on any atom is -0.431 e. The number of hydrogen-bond donors (Lipinski definition) is 1. The summed E-state index contributed by atoms with van der Waals surface area (Å²) < 4.78 is 17.9. The first-order chi connectivity index (χ1) is 9.06. The second-order valence-electron chi connectivity index (χ2n) is 4.74. The van der Waals surface area contributed by atoms with Crippen LogP contribution in [0.15, 0.2) is 24.3 Å². The van der Waals surface area contributed by atoms with Crippen LogP contribution in [0, 0.1) is 6.92 Å². The van der Waals surface area contributed by atoms with Gasteiger partial charge in [-0.2, -0.15) is 0 Å². The highest BCUT2D eigenvalue weighted by molar-refractivity contribution is 5.70. The van der Waals surface area contributed by atoms with Crippen molar-refractivity contribution in [1.29, 1.82) is 0 Å². The van der Waals surface area contributed by atoms with Gasteiger partial charge >= 0.3 is 5.97 Å². The minimum atomic E-state index is -1.51. The molecular weight excluding hydrogens is 245 g/mol. The molecule has 0 amide bonds. The van der Waals surface area contributed by atoms with Crippen molar-refractivity contribution >= 4 is 5.97 Å². The normalized spacial score (nSPS) is 13.9. The summed E-state index contributed by atoms with van der Waals surface area (Å²) in [5, 5.41) is 0. The molecule has 0 heterocycles. The van der Waals surface area contributed by atoms with E-state index in [4.69, 9.17) is 10.5 Å². The van der Waals surface area contributed by atoms with E-state index in [2.05, 4.69) is 0 Å². The highest BCUT2D eigenvalue weighted by Crippen LogP contribution is 2.20. The summed E-state index contributed by atoms with van der Waals surface area (Å²) in [5.41, 5.74) is 7.81. The fourth-order valence-electron chi connectivity index (χ4n) is 1.85. The predicted molar refractivity (Wildman–Crippen MR) is 73.5 cm³/mol. The van der Waals surface area contributed by atoms with Gasteiger partial charge in [0.25, 0.3) is 0 Å². The first kappa shape index (κ1) is 15.6. The van der Waals surface area contributed by atoms with Crippen molar-refractivity contribution in [3.05, 3.63) is 35.4 Å². The van der Waals surface area contributed by atoms with Gasteiger partial charge in [0.15, 0.2) is 0 Å². The Kier molecular flexibility index (Phi) is 6.50. The third-order valence-electron chi connectivity index (χ3n) is 3.02. The van der Waals surface area contributed by atoms with Crippen LogP contribution in [0.4, 0.5) is 4.39 Å². The monoisotopic (exact) mass is 267 g/mol. The molecule has 0 saturated heterocycles. The molecule has 4 heteroatoms. The van der Waals surface area contributed by atoms with Crippen molar-refractivity contribution in [1.82, 2.24) is 0 Å². The third kappa shape index (κ3) is 5.39. The number of ether oxygens (including phenoxy) is 1. The Bertz CT molecular complexity index is 392. The number of rotatable bonds is 7. The Labute approximate surface area is 113 Å². The molecule has 0 aliphatic heterocycles. The average Bonchev–Trinajstić information content (AvgIpc) is 2.37. The van der Waals surface area contributed by atoms with Gasteiger partial charge < -0.3 is 10.5 Å². The SMILES string of the molecule is CCCC(F)OC(=O)CC(CN)c1ccc(C)cc1. The van der Waals surface area contributed by atoms with Gasteiger partial charge in [-0.05, 0) is 25.5 Å². The van der Waals surface area contributed by atoms with E-state index < -0.39 is 12.3 Å². The lowest BCUT2D eigenvalue weighted by Gasteiger charge is -2.16. The van der Waals surface area contributed by atoms with Crippen molar-refractivity contribution in [2.75, 3.05) is 6.54 Å². The van der Waals surface area contributed by atoms with Crippen LogP contribution in [0.25, 0.3) is 0 Å². The molecular formula is C15H22FNO2. The van der Waals surface area contributed by atoms with Gasteiger partial charge in [-0.15, -0.1) is 0 Å². The second-order valence-corrected chi connectivity index (χ2v) is 4.74. The lowest BCUT2D eigenvalue weighted by molar-refractivity contribution is -0.158. The molecule has 0 spiro atoms. The predicted octanol–water partition coefficient (Wildman–Crippen LogP) is 3.07. The minimum absolute atomic E-state index is 0.115. The Hall–Kier alpha value is -1.42. The summed E-state index contributed by atoms with van der Waals surface area (Å²) in [6.07, 6.45) is -0.506. The molecule has 3 nitrogen and oxygen atoms in total. The molecule has 0 radical (unpaired) electrons. The van der Waals surface area contributed by atoms with Crippen LogP contribution >= 0.6 is 0 Å². The maximum atomic E-state index is 13.2. The summed E-state index contributed by atoms with van der Waals surface area (Å²) in [6, 6.07) is 7.83. The smallest absolute Gasteiger partial charge is 0.308 e. The van der Waals surface area contributed by atoms with Crippen LogP contribution in [0.5, 0.6) is 0 Å². The summed E-state index contributed by atoms with van der Waals surface area (Å²) in [6.45, 7) is 4.17. The topological polar surface area (TPSA) is 52.3 Å². The molecule has 1 aromatic rings. The van der Waals surface area contributed by atoms with Gasteiger partial charge in [0.05, 0.1) is 6.42 Å². The van der Waals surface area contributed by atoms with Gasteiger partial charge in [0.2, 0.25) is 6.36 Å². The Balaban J connectivity index is 2.56. The zero-order chi connectivity index (χ0) is 14.3. The third-order valence-corrected chi connectivity index (χ3v) is 3.02. The van der Waals surface area contributed by atoms with Crippen molar-refractivity contribution in [3.63, 3.8) is 0 Å². The Morgan fingerprint density at radius 2 is 2.00 bits per heavy atom. The number of carbonyl (C=O) groups excluding carboxylic acids is 1. The number of hydrogen-bond acceptors (Lipinski definition) is 3. The number of benzene rings is 1. The fraction of sp³-hybridized carbons (Fsp3) is 0.533. The average molecular weight is 267 g/mol. The zero-order valence-corrected chi connectivity index (χ0v) is 11.6. The maximum Gasteiger partial charge on any atom is 0.308 e. The van der Waals surface area contributed by atoms with E-state index in [1.807, 2.05) is 38.1 Å². The molecule has 0 aliphatic carbocycles. The van der Waals surface area contributed by atoms with Gasteiger partial charge in [-0.3, -0.25) is 4.79 Å². The Morgan fingerprint density at radius 3 is 2.53 bits per heavy atom. The summed E-state index contributed by atoms with van der Waals surface area (Å²) in [4.78, 5) is 11.6. The summed E-state index contributed by atoms with van der Waals surface area (Å²) in [5.74, 6) is -0.654. The largest absolute Gasteiger partial charge is 0.431 e. The molecule has 106 valence electrons. The van der Waals surface area contributed by atoms with Gasteiger partial charge in [-0.25, -0.2) is 4.39 Å². The summed E-state index contributed by atoms with van der Waals surface area (Å²) >= 11 is 0. The maximum absolute atomic E-state index is 13.2. The quantitative estimate of drug-likeness (QED) is 0.772. The number of halogens is 1. The van der Waals surface area contributed by atoms with Gasteiger partial charge in [-0.1, -0.05) is 36.8 Å². The van der Waals surface area contributed by atoms with E-state index in [1.165, 1.54) is 0 Å². The van der Waals surface area contributed by atoms with E-state index in [0.29, 0.717) is 13.0 Å². The molecule has 2 N–H and O–H groups in total. The molecule has 0 bridgehead atoms. The number of esters is 1. The van der Waals surface area contributed by atoms with E-state index in [1.54, 1.807) is 0 Å². The number of carbonyl (C=O) groups is 1. The molecule has 1 aromatic carbocycles. The first-order valence-corrected chi connectivity index (χ1v) is 6.67. The van der Waals surface area contributed by atoms with Crippen LogP contribution in [0.3, 0.4) is 0 Å². The second kappa shape index (κ2) is 7.89. The lowest BCUT2D eigenvalue weighted by atomic mass is 9.95. The zero-order valence-electron chi connectivity index (χ0n) is 11.6. The van der Waals surface area contributed by atoms with E-state index in [9.17, 15) is 9.18 Å². The van der Waals surface area contributed by atoms with Crippen molar-refractivity contribution in [2.45, 2.75) is 45.4 Å². The molecule has 0 saturated carbocycles. The molecule has 0 aliphatic rings. The van der Waals surface area contributed by atoms with Crippen molar-refractivity contribution in [3.8, 4) is 0 Å². The molecule has 19 heavy (non-hydrogen) atoms. The molecule has 2 unspecified atom stereocenters. The van der Waals surface area contributed by atoms with Crippen molar-refractivity contribution in [2.24, 2.45) is 5.73 Å². The number of nitrogens with two attached hydrogens (primary N) is 1. The van der Waals surface area contributed by atoms with Crippen LogP contribution in [0.2, 0.25) is 0 Å². The lowest BCUT2D eigenvalue weighted by Crippen LogP contribution is -2.20. The highest BCUT2D eigenvalue weighted by atomic mass is 19.1. The fourth-order valence-corrected chi connectivity index (χ4v) is 1.85. The van der Waals surface area contributed by atoms with Gasteiger partial charge in [0, 0.05) is 12.3 Å². The Morgan fingerprint density at radius 1 is 1.37 bits per heavy atom. The highest BCUT2D eigenvalue weighted by Gasteiger charge is 2.18. The van der Waals surface area contributed by atoms with E-state index in [-0.39, 0.29) is 18.8 Å². The summed E-state index contributed by atoms with van der Waals surface area (Å²) in [7, 11) is 0. The van der Waals surface area contributed by atoms with Crippen LogP contribution in [0.1, 0.15) is 43.2 Å². The molecule has 0 fully saturated rings. The van der Waals surface area contributed by atoms with E-state index >= 15 is 0 Å². The van der Waals surface area contributed by atoms with Crippen molar-refractivity contribution < 1.29 is 13.9 Å². The molecule has 0 aromatic heterocycles. The molecule has 2 atom stereocenters. The van der Waals surface area contributed by atoms with Gasteiger partial charge in [0.1, 0.15) is 0 Å². The number of aryl methyl sites for hydroxylation is 1. The van der Waals surface area contributed by atoms with Crippen LogP contribution in [-0.2, 0) is 9.53 Å². The van der Waals surface area contributed by atoms with E-state index in [0.717, 1.165) is 11.1 Å². The van der Waals surface area contributed by atoms with Crippen LogP contribution < -0.4 is 5.73 Å². The standard InChI is InChI=1S/C15H22FNO2/c1-3-4-14(16)19-15(18)9-13(10-17)12-7-5-11(2)6-8-12/h5-8,13-14H,3-4,9-10,17H2,1-2H3. The first-order valence-electron chi connectivity index (χ1n) is 6.67.